The lowest BCUT2D eigenvalue weighted by Crippen LogP contribution is -2.37. The van der Waals surface area contributed by atoms with E-state index in [-0.39, 0.29) is 13.2 Å². The molecule has 2 atom stereocenters. The smallest absolute Gasteiger partial charge is 0.330 e. The van der Waals surface area contributed by atoms with Crippen LogP contribution < -0.4 is 9.47 Å². The molecule has 1 N–H and O–H groups in total. The highest BCUT2D eigenvalue weighted by Gasteiger charge is 2.18. The van der Waals surface area contributed by atoms with Gasteiger partial charge in [0.1, 0.15) is 37.4 Å². The molecule has 0 saturated carbocycles. The maximum Gasteiger partial charge on any atom is 0.330 e. The third-order valence-electron chi connectivity index (χ3n) is 7.69. The molecule has 0 aliphatic carbocycles. The summed E-state index contributed by atoms with van der Waals surface area (Å²) in [5, 5.41) is 2.03. The van der Waals surface area contributed by atoms with Crippen molar-refractivity contribution in [3.63, 3.8) is 0 Å². The van der Waals surface area contributed by atoms with Gasteiger partial charge in [-0.25, -0.2) is 0 Å². The summed E-state index contributed by atoms with van der Waals surface area (Å²) >= 11 is 0. The van der Waals surface area contributed by atoms with Crippen LogP contribution in [0.3, 0.4) is 0 Å². The largest absolute Gasteiger partial charge is 0.493 e. The van der Waals surface area contributed by atoms with E-state index in [0.717, 1.165) is 45.3 Å². The van der Waals surface area contributed by atoms with Crippen LogP contribution in [0, 0.1) is 0 Å². The zero-order valence-electron chi connectivity index (χ0n) is 28.1. The van der Waals surface area contributed by atoms with Crippen LogP contribution in [0.2, 0.25) is 0 Å². The average Bonchev–Trinajstić information content (AvgIpc) is 3.03. The SMILES string of the molecule is CCCCCCCCCCCCOc1cccc2c(OCC(COP(O)OCC[N+](C)(C)C)OCc3ccccc3)cccc12. The predicted octanol–water partition coefficient (Wildman–Crippen LogP) is 9.06. The van der Waals surface area contributed by atoms with Crippen LogP contribution in [0.15, 0.2) is 66.7 Å². The molecule has 8 heteroatoms. The number of unbranched alkanes of at least 4 members (excludes halogenated alkanes) is 9. The normalized spacial score (nSPS) is 13.2. The van der Waals surface area contributed by atoms with Crippen molar-refractivity contribution >= 4 is 19.4 Å². The summed E-state index contributed by atoms with van der Waals surface area (Å²) in [4.78, 5) is 10.3. The van der Waals surface area contributed by atoms with Crippen LogP contribution in [0.1, 0.15) is 76.7 Å². The molecule has 3 aromatic rings. The van der Waals surface area contributed by atoms with Crippen LogP contribution in [0.4, 0.5) is 0 Å². The first-order valence-corrected chi connectivity index (χ1v) is 18.0. The number of hydrogen-bond donors (Lipinski definition) is 1. The molecule has 2 unspecified atom stereocenters. The first kappa shape index (κ1) is 37.2. The fourth-order valence-electron chi connectivity index (χ4n) is 4.97. The van der Waals surface area contributed by atoms with E-state index in [1.807, 2.05) is 54.6 Å². The van der Waals surface area contributed by atoms with Crippen molar-refractivity contribution in [2.75, 3.05) is 54.1 Å². The fraction of sp³-hybridized carbons (Fsp3) is 0.568. The Bertz CT molecular complexity index is 1190. The lowest BCUT2D eigenvalue weighted by molar-refractivity contribution is -0.870. The van der Waals surface area contributed by atoms with Gasteiger partial charge in [-0.15, -0.1) is 0 Å². The molecule has 0 heterocycles. The van der Waals surface area contributed by atoms with E-state index in [9.17, 15) is 4.89 Å². The molecule has 0 aliphatic rings. The van der Waals surface area contributed by atoms with Crippen LogP contribution in [0.25, 0.3) is 10.8 Å². The van der Waals surface area contributed by atoms with Gasteiger partial charge in [0.15, 0.2) is 0 Å². The third kappa shape index (κ3) is 15.7. The lowest BCUT2D eigenvalue weighted by atomic mass is 10.1. The Hall–Kier alpha value is -2.25. The molecule has 0 aromatic heterocycles. The van der Waals surface area contributed by atoms with Crippen molar-refractivity contribution in [1.29, 1.82) is 0 Å². The van der Waals surface area contributed by atoms with E-state index in [1.165, 1.54) is 57.8 Å². The maximum atomic E-state index is 10.3. The molecule has 3 aromatic carbocycles. The van der Waals surface area contributed by atoms with E-state index < -0.39 is 14.7 Å². The molecule has 0 bridgehead atoms. The third-order valence-corrected chi connectivity index (χ3v) is 8.46. The zero-order chi connectivity index (χ0) is 32.2. The van der Waals surface area contributed by atoms with Gasteiger partial charge in [0, 0.05) is 10.8 Å². The van der Waals surface area contributed by atoms with Gasteiger partial charge in [-0.2, -0.15) is 0 Å². The second kappa shape index (κ2) is 21.5. The summed E-state index contributed by atoms with van der Waals surface area (Å²) in [6.45, 7) is 4.99. The van der Waals surface area contributed by atoms with Crippen LogP contribution in [-0.4, -0.2) is 69.6 Å². The number of benzene rings is 3. The minimum absolute atomic E-state index is 0.150. The van der Waals surface area contributed by atoms with Gasteiger partial charge in [-0.3, -0.25) is 0 Å². The van der Waals surface area contributed by atoms with Crippen molar-refractivity contribution < 1.29 is 32.6 Å². The highest BCUT2D eigenvalue weighted by molar-refractivity contribution is 7.40. The molecule has 0 fully saturated rings. The molecular formula is C37H57NO6P+. The van der Waals surface area contributed by atoms with Crippen LogP contribution in [0.5, 0.6) is 11.5 Å². The van der Waals surface area contributed by atoms with Gasteiger partial charge in [-0.05, 0) is 24.1 Å². The van der Waals surface area contributed by atoms with Gasteiger partial charge < -0.3 is 32.6 Å². The number of fused-ring (bicyclic) bond motifs is 1. The summed E-state index contributed by atoms with van der Waals surface area (Å²) in [5.41, 5.74) is 1.06. The second-order valence-electron chi connectivity index (χ2n) is 12.7. The standard InChI is InChI=1S/C37H57NO6P/c1-5-6-7-8-9-10-11-12-13-17-27-40-36-24-18-23-35-34(36)22-19-25-37(35)42-30-33(41-29-32-20-15-14-16-21-32)31-44-45(39)43-28-26-38(2,3)4/h14-16,18-25,33,39H,5-13,17,26-31H2,1-4H3/q+1. The van der Waals surface area contributed by atoms with Crippen molar-refractivity contribution in [3.05, 3.63) is 72.3 Å². The molecular weight excluding hydrogens is 585 g/mol. The maximum absolute atomic E-state index is 10.3. The van der Waals surface area contributed by atoms with Crippen LogP contribution >= 0.6 is 8.60 Å². The topological polar surface area (TPSA) is 66.4 Å². The minimum atomic E-state index is -2.01. The van der Waals surface area contributed by atoms with E-state index in [1.54, 1.807) is 0 Å². The molecule has 0 spiro atoms. The Balaban J connectivity index is 1.50. The number of hydrogen-bond acceptors (Lipinski definition) is 6. The Labute approximate surface area is 273 Å². The lowest BCUT2D eigenvalue weighted by Gasteiger charge is -2.24. The molecule has 0 saturated heterocycles. The van der Waals surface area contributed by atoms with Crippen molar-refractivity contribution in [2.24, 2.45) is 0 Å². The summed E-state index contributed by atoms with van der Waals surface area (Å²) < 4.78 is 30.7. The molecule has 0 amide bonds. The van der Waals surface area contributed by atoms with Crippen molar-refractivity contribution in [2.45, 2.75) is 83.8 Å². The number of ether oxygens (including phenoxy) is 3. The number of likely N-dealkylation sites (N-methyl/N-ethyl adjacent to an activating group) is 1. The van der Waals surface area contributed by atoms with Crippen molar-refractivity contribution in [3.8, 4) is 11.5 Å². The molecule has 0 radical (unpaired) electrons. The second-order valence-corrected chi connectivity index (χ2v) is 13.7. The van der Waals surface area contributed by atoms with Gasteiger partial charge in [0.2, 0.25) is 0 Å². The summed E-state index contributed by atoms with van der Waals surface area (Å²) in [6, 6.07) is 22.1. The molecule has 7 nitrogen and oxygen atoms in total. The number of nitrogens with zero attached hydrogens (tertiary/aromatic N) is 1. The fourth-order valence-corrected chi connectivity index (χ4v) is 5.57. The average molecular weight is 643 g/mol. The van der Waals surface area contributed by atoms with E-state index in [2.05, 4.69) is 40.2 Å². The highest BCUT2D eigenvalue weighted by atomic mass is 31.2. The van der Waals surface area contributed by atoms with Gasteiger partial charge >= 0.3 is 8.60 Å². The first-order chi connectivity index (χ1) is 21.9. The molecule has 3 rings (SSSR count). The Morgan fingerprint density at radius 3 is 1.87 bits per heavy atom. The van der Waals surface area contributed by atoms with Crippen LogP contribution in [-0.2, 0) is 20.4 Å². The van der Waals surface area contributed by atoms with Crippen molar-refractivity contribution in [1.82, 2.24) is 0 Å². The number of quaternary nitrogens is 1. The highest BCUT2D eigenvalue weighted by Crippen LogP contribution is 2.34. The number of rotatable bonds is 25. The molecule has 45 heavy (non-hydrogen) atoms. The summed E-state index contributed by atoms with van der Waals surface area (Å²) in [6.07, 6.45) is 12.6. The first-order valence-electron chi connectivity index (χ1n) is 16.8. The summed E-state index contributed by atoms with van der Waals surface area (Å²) in [7, 11) is 4.23. The monoisotopic (exact) mass is 642 g/mol. The van der Waals surface area contributed by atoms with E-state index in [0.29, 0.717) is 19.8 Å². The van der Waals surface area contributed by atoms with Gasteiger partial charge in [0.05, 0.1) is 41.0 Å². The zero-order valence-corrected chi connectivity index (χ0v) is 29.0. The van der Waals surface area contributed by atoms with E-state index in [4.69, 9.17) is 23.3 Å². The molecule has 0 aliphatic heterocycles. The van der Waals surface area contributed by atoms with Gasteiger partial charge in [-0.1, -0.05) is 119 Å². The quantitative estimate of drug-likeness (QED) is 0.0565. The summed E-state index contributed by atoms with van der Waals surface area (Å²) in [5.74, 6) is 1.64. The van der Waals surface area contributed by atoms with E-state index >= 15 is 0 Å². The van der Waals surface area contributed by atoms with Gasteiger partial charge in [0.25, 0.3) is 0 Å². The molecule has 250 valence electrons. The minimum Gasteiger partial charge on any atom is -0.493 e. The Kier molecular flexibility index (Phi) is 17.8. The Morgan fingerprint density at radius 1 is 0.644 bits per heavy atom. The predicted molar refractivity (Wildman–Crippen MR) is 186 cm³/mol. The Morgan fingerprint density at radius 2 is 1.24 bits per heavy atom.